The first-order valence-corrected chi connectivity index (χ1v) is 11.9. The number of aromatic nitrogens is 3. The molecule has 1 N–H and O–H groups in total. The number of hydrogen-bond donors (Lipinski definition) is 1. The minimum Gasteiger partial charge on any atom is -0.475 e. The molecule has 0 aromatic carbocycles. The number of amides is 1. The van der Waals surface area contributed by atoms with Gasteiger partial charge in [0.25, 0.3) is 5.91 Å². The minimum atomic E-state index is -5.08. The van der Waals surface area contributed by atoms with Gasteiger partial charge in [0.1, 0.15) is 10.4 Å². The molecule has 5 rings (SSSR count). The number of carboxylic acid groups (broad SMARTS) is 1. The molecule has 2 aliphatic rings. The number of alkyl halides is 3. The molecule has 1 saturated heterocycles. The predicted molar refractivity (Wildman–Crippen MR) is 126 cm³/mol. The van der Waals surface area contributed by atoms with Crippen LogP contribution in [0.2, 0.25) is 0 Å². The highest BCUT2D eigenvalue weighted by atomic mass is 32.1. The Morgan fingerprint density at radius 2 is 2.00 bits per heavy atom. The van der Waals surface area contributed by atoms with Gasteiger partial charge in [0.05, 0.1) is 29.2 Å². The van der Waals surface area contributed by atoms with Crippen LogP contribution in [0.1, 0.15) is 27.5 Å². The summed E-state index contributed by atoms with van der Waals surface area (Å²) in [6.07, 6.45) is -0.334. The molecule has 0 aliphatic carbocycles. The van der Waals surface area contributed by atoms with Crippen LogP contribution >= 0.6 is 11.3 Å². The zero-order chi connectivity index (χ0) is 26.1. The fourth-order valence-electron chi connectivity index (χ4n) is 4.66. The summed E-state index contributed by atoms with van der Waals surface area (Å²) in [5.41, 5.74) is 4.51. The van der Waals surface area contributed by atoms with E-state index in [1.807, 2.05) is 24.1 Å². The number of carboxylic acids is 1. The van der Waals surface area contributed by atoms with Crippen molar-refractivity contribution in [2.75, 3.05) is 38.3 Å². The van der Waals surface area contributed by atoms with Crippen LogP contribution in [-0.4, -0.2) is 75.9 Å². The Bertz CT molecular complexity index is 1260. The third-order valence-electron chi connectivity index (χ3n) is 6.26. The number of hydrogen-bond acceptors (Lipinski definition) is 7. The molecule has 1 spiro atoms. The number of fused-ring (bicyclic) bond motifs is 4. The molecule has 0 saturated carbocycles. The maximum atomic E-state index is 13.2. The standard InChI is InChI=1S/C21H23N5O2S.C2HF3O2/c1-15-18(29-14-23-15)20(27)24-10-7-21(13-24)17-6-4-9-25(17)19-16(5-3-8-22-19)26(21)11-12-28-2;3-2(4,5)1(6)7/h3-6,8-9,14H,7,10-13H2,1-2H3;(H,6,7). The Labute approximate surface area is 208 Å². The van der Waals surface area contributed by atoms with Crippen molar-refractivity contribution >= 4 is 28.9 Å². The number of aliphatic carboxylic acids is 1. The van der Waals surface area contributed by atoms with Gasteiger partial charge in [-0.3, -0.25) is 4.79 Å². The minimum absolute atomic E-state index is 0.0728. The fourth-order valence-corrected chi connectivity index (χ4v) is 5.43. The molecule has 0 radical (unpaired) electrons. The van der Waals surface area contributed by atoms with Crippen LogP contribution in [0, 0.1) is 6.92 Å². The number of anilines is 1. The molecule has 1 amide bonds. The SMILES string of the molecule is COCCN1c2cccnc2-n2cccc2C12CCN(C(=O)c1scnc1C)C2.O=C(O)C(F)(F)F. The van der Waals surface area contributed by atoms with Gasteiger partial charge >= 0.3 is 12.1 Å². The molecule has 5 heterocycles. The number of aryl methyl sites for hydroxylation is 1. The molecule has 192 valence electrons. The average Bonchev–Trinajstić information content (AvgIpc) is 3.59. The molecule has 3 aromatic heterocycles. The van der Waals surface area contributed by atoms with Crippen molar-refractivity contribution in [1.82, 2.24) is 19.4 Å². The molecule has 1 unspecified atom stereocenters. The summed E-state index contributed by atoms with van der Waals surface area (Å²) in [4.78, 5) is 36.1. The van der Waals surface area contributed by atoms with Crippen molar-refractivity contribution in [3.05, 3.63) is 58.4 Å². The molecule has 13 heteroatoms. The van der Waals surface area contributed by atoms with Gasteiger partial charge in [0.2, 0.25) is 0 Å². The number of thiazole rings is 1. The van der Waals surface area contributed by atoms with Crippen LogP contribution in [-0.2, 0) is 15.1 Å². The highest BCUT2D eigenvalue weighted by Gasteiger charge is 2.51. The van der Waals surface area contributed by atoms with Crippen LogP contribution in [0.5, 0.6) is 0 Å². The number of pyridine rings is 1. The van der Waals surface area contributed by atoms with E-state index < -0.39 is 12.1 Å². The van der Waals surface area contributed by atoms with Crippen LogP contribution < -0.4 is 4.90 Å². The lowest BCUT2D eigenvalue weighted by atomic mass is 9.89. The Morgan fingerprint density at radius 1 is 1.25 bits per heavy atom. The molecule has 9 nitrogen and oxygen atoms in total. The van der Waals surface area contributed by atoms with E-state index in [9.17, 15) is 18.0 Å². The largest absolute Gasteiger partial charge is 0.490 e. The second-order valence-electron chi connectivity index (χ2n) is 8.33. The van der Waals surface area contributed by atoms with Crippen LogP contribution in [0.3, 0.4) is 0 Å². The van der Waals surface area contributed by atoms with Crippen molar-refractivity contribution in [1.29, 1.82) is 0 Å². The highest BCUT2D eigenvalue weighted by molar-refractivity contribution is 7.11. The van der Waals surface area contributed by atoms with Crippen molar-refractivity contribution < 1.29 is 32.6 Å². The Morgan fingerprint density at radius 3 is 2.64 bits per heavy atom. The van der Waals surface area contributed by atoms with Crippen molar-refractivity contribution in [3.8, 4) is 5.82 Å². The molecular formula is C23H24F3N5O4S. The summed E-state index contributed by atoms with van der Waals surface area (Å²) >= 11 is 1.42. The maximum absolute atomic E-state index is 13.2. The van der Waals surface area contributed by atoms with Crippen molar-refractivity contribution in [2.24, 2.45) is 0 Å². The molecule has 3 aromatic rings. The monoisotopic (exact) mass is 523 g/mol. The number of rotatable bonds is 4. The molecule has 1 atom stereocenters. The molecule has 1 fully saturated rings. The Hall–Kier alpha value is -3.45. The topological polar surface area (TPSA) is 101 Å². The van der Waals surface area contributed by atoms with Gasteiger partial charge in [-0.1, -0.05) is 0 Å². The van der Waals surface area contributed by atoms with Gasteiger partial charge in [-0.05, 0) is 37.6 Å². The summed E-state index contributed by atoms with van der Waals surface area (Å²) in [7, 11) is 1.72. The number of carbonyl (C=O) groups is 2. The normalized spacial score (nSPS) is 18.5. The third kappa shape index (κ3) is 4.55. The van der Waals surface area contributed by atoms with Gasteiger partial charge in [-0.15, -0.1) is 11.3 Å². The van der Waals surface area contributed by atoms with Crippen LogP contribution in [0.25, 0.3) is 5.82 Å². The van der Waals surface area contributed by atoms with E-state index in [2.05, 4.69) is 43.8 Å². The second kappa shape index (κ2) is 9.90. The number of methoxy groups -OCH3 is 1. The summed E-state index contributed by atoms with van der Waals surface area (Å²) in [5.74, 6) is -1.76. The Balaban J connectivity index is 0.000000384. The fraction of sp³-hybridized carbons (Fsp3) is 0.391. The quantitative estimate of drug-likeness (QED) is 0.559. The van der Waals surface area contributed by atoms with E-state index in [0.29, 0.717) is 19.7 Å². The Kier molecular flexibility index (Phi) is 7.05. The van der Waals surface area contributed by atoms with E-state index in [1.54, 1.807) is 12.6 Å². The number of likely N-dealkylation sites (tertiary alicyclic amines) is 1. The first kappa shape index (κ1) is 25.6. The number of nitrogens with zero attached hydrogens (tertiary/aromatic N) is 5. The lowest BCUT2D eigenvalue weighted by Gasteiger charge is -2.47. The van der Waals surface area contributed by atoms with E-state index in [-0.39, 0.29) is 11.4 Å². The highest BCUT2D eigenvalue weighted by Crippen LogP contribution is 2.47. The van der Waals surface area contributed by atoms with Gasteiger partial charge < -0.3 is 24.2 Å². The molecule has 2 aliphatic heterocycles. The van der Waals surface area contributed by atoms with Crippen LogP contribution in [0.15, 0.2) is 42.2 Å². The van der Waals surface area contributed by atoms with Gasteiger partial charge in [-0.25, -0.2) is 14.8 Å². The molecule has 36 heavy (non-hydrogen) atoms. The summed E-state index contributed by atoms with van der Waals surface area (Å²) in [6, 6.07) is 8.30. The number of halogens is 3. The zero-order valence-electron chi connectivity index (χ0n) is 19.5. The molecular weight excluding hydrogens is 499 g/mol. The zero-order valence-corrected chi connectivity index (χ0v) is 20.3. The number of carbonyl (C=O) groups excluding carboxylic acids is 1. The summed E-state index contributed by atoms with van der Waals surface area (Å²) in [6.45, 7) is 4.58. The van der Waals surface area contributed by atoms with Gasteiger partial charge in [0.15, 0.2) is 5.82 Å². The predicted octanol–water partition coefficient (Wildman–Crippen LogP) is 3.48. The first-order valence-electron chi connectivity index (χ1n) is 11.0. The molecule has 0 bridgehead atoms. The summed E-state index contributed by atoms with van der Waals surface area (Å²) < 4.78 is 39.3. The van der Waals surface area contributed by atoms with Crippen molar-refractivity contribution in [2.45, 2.75) is 25.1 Å². The van der Waals surface area contributed by atoms with Gasteiger partial charge in [0, 0.05) is 39.1 Å². The van der Waals surface area contributed by atoms with Crippen molar-refractivity contribution in [3.63, 3.8) is 0 Å². The number of ether oxygens (including phenoxy) is 1. The van der Waals surface area contributed by atoms with E-state index in [0.717, 1.165) is 35.0 Å². The maximum Gasteiger partial charge on any atom is 0.490 e. The van der Waals surface area contributed by atoms with E-state index in [4.69, 9.17) is 14.6 Å². The lowest BCUT2D eigenvalue weighted by Crippen LogP contribution is -2.53. The van der Waals surface area contributed by atoms with Gasteiger partial charge in [-0.2, -0.15) is 13.2 Å². The van der Waals surface area contributed by atoms with Crippen LogP contribution in [0.4, 0.5) is 18.9 Å². The lowest BCUT2D eigenvalue weighted by molar-refractivity contribution is -0.192. The average molecular weight is 524 g/mol. The second-order valence-corrected chi connectivity index (χ2v) is 9.19. The first-order chi connectivity index (χ1) is 17.1. The smallest absolute Gasteiger partial charge is 0.475 e. The van der Waals surface area contributed by atoms with E-state index in [1.165, 1.54) is 17.0 Å². The third-order valence-corrected chi connectivity index (χ3v) is 7.18. The van der Waals surface area contributed by atoms with E-state index >= 15 is 0 Å². The summed E-state index contributed by atoms with van der Waals surface area (Å²) in [5, 5.41) is 7.12.